The van der Waals surface area contributed by atoms with Gasteiger partial charge in [-0.1, -0.05) is 13.8 Å². The lowest BCUT2D eigenvalue weighted by Crippen LogP contribution is -2.31. The summed E-state index contributed by atoms with van der Waals surface area (Å²) in [5.41, 5.74) is 1.84. The first kappa shape index (κ1) is 17.4. The maximum atomic E-state index is 11.6. The molecule has 0 unspecified atom stereocenters. The van der Waals surface area contributed by atoms with E-state index in [1.807, 2.05) is 32.9 Å². The monoisotopic (exact) mass is 293 g/mol. The first-order valence-corrected chi connectivity index (χ1v) is 7.50. The summed E-state index contributed by atoms with van der Waals surface area (Å²) in [6, 6.07) is 4.38. The number of nitrogens with one attached hydrogen (secondary N) is 2. The molecule has 0 bridgehead atoms. The Balaban J connectivity index is 2.55. The third kappa shape index (κ3) is 7.09. The number of aryl methyl sites for hydroxylation is 1. The van der Waals surface area contributed by atoms with Crippen LogP contribution in [0.25, 0.3) is 0 Å². The molecule has 0 aliphatic rings. The lowest BCUT2D eigenvalue weighted by atomic mass is 10.2. The number of hydrogen-bond acceptors (Lipinski definition) is 4. The number of rotatable bonds is 8. The summed E-state index contributed by atoms with van der Waals surface area (Å²) < 4.78 is 5.71. The van der Waals surface area contributed by atoms with Crippen LogP contribution in [0.4, 0.5) is 0 Å². The molecule has 0 saturated heterocycles. The van der Waals surface area contributed by atoms with Gasteiger partial charge in [-0.15, -0.1) is 0 Å². The second-order valence-electron chi connectivity index (χ2n) is 5.75. The van der Waals surface area contributed by atoms with Gasteiger partial charge in [-0.2, -0.15) is 0 Å². The standard InChI is InChI=1S/C16H27N3O2/c1-11(2)17-10-14-15(7-6-13(5)19-14)21-9-8-16(20)18-12(3)4/h6-7,11-12,17H,8-10H2,1-5H3,(H,18,20). The van der Waals surface area contributed by atoms with E-state index in [9.17, 15) is 4.79 Å². The zero-order valence-electron chi connectivity index (χ0n) is 13.7. The number of amides is 1. The zero-order chi connectivity index (χ0) is 15.8. The van der Waals surface area contributed by atoms with Gasteiger partial charge >= 0.3 is 0 Å². The van der Waals surface area contributed by atoms with Crippen molar-refractivity contribution in [1.82, 2.24) is 15.6 Å². The molecular formula is C16H27N3O2. The number of carbonyl (C=O) groups excluding carboxylic acids is 1. The molecule has 0 aliphatic carbocycles. The van der Waals surface area contributed by atoms with Crippen LogP contribution in [0.1, 0.15) is 45.5 Å². The Morgan fingerprint density at radius 1 is 1.24 bits per heavy atom. The van der Waals surface area contributed by atoms with E-state index in [0.717, 1.165) is 17.1 Å². The highest BCUT2D eigenvalue weighted by Crippen LogP contribution is 2.17. The lowest BCUT2D eigenvalue weighted by Gasteiger charge is -2.14. The fraction of sp³-hybridized carbons (Fsp3) is 0.625. The maximum Gasteiger partial charge on any atom is 0.223 e. The summed E-state index contributed by atoms with van der Waals surface area (Å²) in [7, 11) is 0. The van der Waals surface area contributed by atoms with Gasteiger partial charge in [0.25, 0.3) is 0 Å². The van der Waals surface area contributed by atoms with Crippen molar-refractivity contribution in [3.05, 3.63) is 23.5 Å². The number of nitrogens with zero attached hydrogens (tertiary/aromatic N) is 1. The van der Waals surface area contributed by atoms with E-state index in [1.165, 1.54) is 0 Å². The number of aromatic nitrogens is 1. The largest absolute Gasteiger partial charge is 0.491 e. The smallest absolute Gasteiger partial charge is 0.223 e. The molecule has 1 aromatic heterocycles. The van der Waals surface area contributed by atoms with Crippen molar-refractivity contribution in [2.24, 2.45) is 0 Å². The predicted molar refractivity (Wildman–Crippen MR) is 84.3 cm³/mol. The number of hydrogen-bond donors (Lipinski definition) is 2. The van der Waals surface area contributed by atoms with Gasteiger partial charge in [0.1, 0.15) is 5.75 Å². The maximum absolute atomic E-state index is 11.6. The van der Waals surface area contributed by atoms with E-state index >= 15 is 0 Å². The van der Waals surface area contributed by atoms with Crippen molar-refractivity contribution in [2.75, 3.05) is 6.61 Å². The molecule has 0 aromatic carbocycles. The van der Waals surface area contributed by atoms with E-state index in [0.29, 0.717) is 25.6 Å². The van der Waals surface area contributed by atoms with Gasteiger partial charge in [0.05, 0.1) is 18.7 Å². The van der Waals surface area contributed by atoms with Crippen LogP contribution in [0.15, 0.2) is 12.1 Å². The van der Waals surface area contributed by atoms with Crippen LogP contribution in [0.2, 0.25) is 0 Å². The molecule has 0 radical (unpaired) electrons. The minimum Gasteiger partial charge on any atom is -0.491 e. The van der Waals surface area contributed by atoms with Gasteiger partial charge in [0, 0.05) is 24.3 Å². The summed E-state index contributed by atoms with van der Waals surface area (Å²) in [5, 5.41) is 6.18. The summed E-state index contributed by atoms with van der Waals surface area (Å²) in [5.74, 6) is 0.748. The molecule has 1 rings (SSSR count). The average Bonchev–Trinajstić information content (AvgIpc) is 2.37. The molecule has 1 amide bonds. The number of carbonyl (C=O) groups is 1. The predicted octanol–water partition coefficient (Wildman–Crippen LogP) is 2.18. The van der Waals surface area contributed by atoms with Crippen molar-refractivity contribution in [2.45, 2.75) is 59.7 Å². The van der Waals surface area contributed by atoms with Gasteiger partial charge in [-0.25, -0.2) is 0 Å². The second kappa shape index (κ2) is 8.62. The molecule has 1 heterocycles. The van der Waals surface area contributed by atoms with Crippen molar-refractivity contribution in [1.29, 1.82) is 0 Å². The summed E-state index contributed by atoms with van der Waals surface area (Å²) in [6.07, 6.45) is 0.350. The third-order valence-corrected chi connectivity index (χ3v) is 2.79. The highest BCUT2D eigenvalue weighted by atomic mass is 16.5. The molecule has 5 heteroatoms. The van der Waals surface area contributed by atoms with Gasteiger partial charge in [0.15, 0.2) is 0 Å². The third-order valence-electron chi connectivity index (χ3n) is 2.79. The fourth-order valence-corrected chi connectivity index (χ4v) is 1.80. The average molecular weight is 293 g/mol. The van der Waals surface area contributed by atoms with Crippen LogP contribution < -0.4 is 15.4 Å². The van der Waals surface area contributed by atoms with E-state index < -0.39 is 0 Å². The van der Waals surface area contributed by atoms with Crippen molar-refractivity contribution >= 4 is 5.91 Å². The molecular weight excluding hydrogens is 266 g/mol. The molecule has 5 nitrogen and oxygen atoms in total. The molecule has 0 fully saturated rings. The van der Waals surface area contributed by atoms with E-state index in [2.05, 4.69) is 29.5 Å². The summed E-state index contributed by atoms with van der Waals surface area (Å²) >= 11 is 0. The van der Waals surface area contributed by atoms with Crippen molar-refractivity contribution in [3.63, 3.8) is 0 Å². The highest BCUT2D eigenvalue weighted by molar-refractivity contribution is 5.76. The molecule has 0 aliphatic heterocycles. The fourth-order valence-electron chi connectivity index (χ4n) is 1.80. The number of pyridine rings is 1. The van der Waals surface area contributed by atoms with Crippen LogP contribution in [0.5, 0.6) is 5.75 Å². The Labute approximate surface area is 127 Å². The van der Waals surface area contributed by atoms with Crippen LogP contribution >= 0.6 is 0 Å². The Morgan fingerprint density at radius 2 is 1.95 bits per heavy atom. The van der Waals surface area contributed by atoms with Crippen molar-refractivity contribution in [3.8, 4) is 5.75 Å². The van der Waals surface area contributed by atoms with Gasteiger partial charge in [-0.3, -0.25) is 9.78 Å². The minimum absolute atomic E-state index is 0.00641. The molecule has 0 atom stereocenters. The SMILES string of the molecule is Cc1ccc(OCCC(=O)NC(C)C)c(CNC(C)C)n1. The minimum atomic E-state index is 0.00641. The summed E-state index contributed by atoms with van der Waals surface area (Å²) in [6.45, 7) is 11.0. The Bertz CT molecular complexity index is 459. The Morgan fingerprint density at radius 3 is 2.57 bits per heavy atom. The molecule has 0 spiro atoms. The van der Waals surface area contributed by atoms with Gasteiger partial charge < -0.3 is 15.4 Å². The first-order valence-electron chi connectivity index (χ1n) is 7.50. The van der Waals surface area contributed by atoms with Crippen LogP contribution in [-0.2, 0) is 11.3 Å². The second-order valence-corrected chi connectivity index (χ2v) is 5.75. The van der Waals surface area contributed by atoms with Crippen LogP contribution in [0.3, 0.4) is 0 Å². The van der Waals surface area contributed by atoms with E-state index in [1.54, 1.807) is 0 Å². The Hall–Kier alpha value is -1.62. The molecule has 1 aromatic rings. The van der Waals surface area contributed by atoms with Gasteiger partial charge in [0.2, 0.25) is 5.91 Å². The number of ether oxygens (including phenoxy) is 1. The normalized spacial score (nSPS) is 11.0. The zero-order valence-corrected chi connectivity index (χ0v) is 13.7. The Kier molecular flexibility index (Phi) is 7.15. The highest BCUT2D eigenvalue weighted by Gasteiger charge is 2.08. The lowest BCUT2D eigenvalue weighted by molar-refractivity contribution is -0.122. The molecule has 21 heavy (non-hydrogen) atoms. The van der Waals surface area contributed by atoms with E-state index in [-0.39, 0.29) is 11.9 Å². The van der Waals surface area contributed by atoms with Gasteiger partial charge in [-0.05, 0) is 32.9 Å². The molecule has 2 N–H and O–H groups in total. The molecule has 0 saturated carbocycles. The van der Waals surface area contributed by atoms with E-state index in [4.69, 9.17) is 4.74 Å². The van der Waals surface area contributed by atoms with Crippen LogP contribution in [0, 0.1) is 6.92 Å². The quantitative estimate of drug-likeness (QED) is 0.771. The summed E-state index contributed by atoms with van der Waals surface area (Å²) in [4.78, 5) is 16.1. The first-order chi connectivity index (χ1) is 9.88. The topological polar surface area (TPSA) is 63.2 Å². The molecule has 118 valence electrons. The van der Waals surface area contributed by atoms with Crippen molar-refractivity contribution < 1.29 is 9.53 Å². The van der Waals surface area contributed by atoms with Crippen LogP contribution in [-0.4, -0.2) is 29.6 Å².